The summed E-state index contributed by atoms with van der Waals surface area (Å²) < 4.78 is 5.44. The van der Waals surface area contributed by atoms with Crippen molar-refractivity contribution in [2.75, 3.05) is 26.2 Å². The van der Waals surface area contributed by atoms with Crippen LogP contribution in [0.3, 0.4) is 0 Å². The van der Waals surface area contributed by atoms with E-state index in [1.807, 2.05) is 40.1 Å². The first-order chi connectivity index (χ1) is 12.0. The Balaban J connectivity index is 1.48. The van der Waals surface area contributed by atoms with Crippen molar-refractivity contribution < 1.29 is 14.3 Å². The second-order valence-electron chi connectivity index (χ2n) is 7.33. The van der Waals surface area contributed by atoms with E-state index in [2.05, 4.69) is 0 Å². The molecule has 2 fully saturated rings. The van der Waals surface area contributed by atoms with Gasteiger partial charge in [0.05, 0.1) is 6.04 Å². The average Bonchev–Trinajstić information content (AvgIpc) is 3.04. The molecule has 2 saturated heterocycles. The Morgan fingerprint density at radius 2 is 1.72 bits per heavy atom. The maximum absolute atomic E-state index is 12.3. The molecule has 2 aliphatic heterocycles. The van der Waals surface area contributed by atoms with Gasteiger partial charge >= 0.3 is 6.09 Å². The fraction of sp³-hybridized carbons (Fsp3) is 0.579. The lowest BCUT2D eigenvalue weighted by molar-refractivity contribution is -0.134. The molecule has 136 valence electrons. The Hall–Kier alpha value is -2.08. The number of hydrogen-bond acceptors (Lipinski definition) is 4. The van der Waals surface area contributed by atoms with Gasteiger partial charge in [-0.1, -0.05) is 30.3 Å². The quantitative estimate of drug-likeness (QED) is 0.909. The van der Waals surface area contributed by atoms with E-state index in [-0.39, 0.29) is 17.4 Å². The molecule has 0 aliphatic carbocycles. The van der Waals surface area contributed by atoms with Crippen LogP contribution < -0.4 is 5.73 Å². The first-order valence-electron chi connectivity index (χ1n) is 8.99. The predicted octanol–water partition coefficient (Wildman–Crippen LogP) is 1.98. The summed E-state index contributed by atoms with van der Waals surface area (Å²) in [4.78, 5) is 28.0. The molecule has 0 bridgehead atoms. The Morgan fingerprint density at radius 3 is 2.32 bits per heavy atom. The number of benzene rings is 1. The molecule has 0 aromatic heterocycles. The van der Waals surface area contributed by atoms with E-state index in [0.717, 1.165) is 51.0 Å². The van der Waals surface area contributed by atoms with Crippen molar-refractivity contribution in [2.45, 2.75) is 38.8 Å². The molecule has 0 unspecified atom stereocenters. The molecule has 2 heterocycles. The fourth-order valence-electron chi connectivity index (χ4n) is 3.80. The third-order valence-corrected chi connectivity index (χ3v) is 5.43. The van der Waals surface area contributed by atoms with Gasteiger partial charge in [0.1, 0.15) is 6.61 Å². The summed E-state index contributed by atoms with van der Waals surface area (Å²) in [6.07, 6.45) is 2.59. The van der Waals surface area contributed by atoms with Crippen LogP contribution in [0.2, 0.25) is 0 Å². The first kappa shape index (κ1) is 17.7. The standard InChI is InChI=1S/C19H27N3O3/c1-15(20)17(23)21-10-7-19(8-11-21)9-12-22(14-19)18(24)25-13-16-5-3-2-4-6-16/h2-6,15H,7-14,20H2,1H3/t15-/m0/s1. The largest absolute Gasteiger partial charge is 0.445 e. The third kappa shape index (κ3) is 4.12. The van der Waals surface area contributed by atoms with Gasteiger partial charge in [-0.2, -0.15) is 0 Å². The highest BCUT2D eigenvalue weighted by Crippen LogP contribution is 2.40. The normalized spacial score (nSPS) is 20.6. The van der Waals surface area contributed by atoms with Gasteiger partial charge in [0.25, 0.3) is 0 Å². The monoisotopic (exact) mass is 345 g/mol. The molecule has 0 saturated carbocycles. The Morgan fingerprint density at radius 1 is 1.12 bits per heavy atom. The van der Waals surface area contributed by atoms with Crippen LogP contribution in [0.5, 0.6) is 0 Å². The molecule has 3 rings (SSSR count). The van der Waals surface area contributed by atoms with Crippen LogP contribution in [0.1, 0.15) is 31.7 Å². The van der Waals surface area contributed by atoms with Gasteiger partial charge in [0, 0.05) is 26.2 Å². The molecule has 2 amide bonds. The van der Waals surface area contributed by atoms with Crippen LogP contribution in [0.4, 0.5) is 4.79 Å². The summed E-state index contributed by atoms with van der Waals surface area (Å²) in [6.45, 7) is 4.95. The van der Waals surface area contributed by atoms with Crippen LogP contribution in [0.25, 0.3) is 0 Å². The number of carbonyl (C=O) groups excluding carboxylic acids is 2. The third-order valence-electron chi connectivity index (χ3n) is 5.43. The van der Waals surface area contributed by atoms with Crippen molar-refractivity contribution in [3.05, 3.63) is 35.9 Å². The number of ether oxygens (including phenoxy) is 1. The van der Waals surface area contributed by atoms with Crippen LogP contribution in [-0.4, -0.2) is 54.0 Å². The molecule has 1 atom stereocenters. The summed E-state index contributed by atoms with van der Waals surface area (Å²) in [5, 5.41) is 0. The van der Waals surface area contributed by atoms with Gasteiger partial charge in [-0.25, -0.2) is 4.79 Å². The highest BCUT2D eigenvalue weighted by molar-refractivity contribution is 5.81. The van der Waals surface area contributed by atoms with Crippen LogP contribution in [-0.2, 0) is 16.1 Å². The predicted molar refractivity (Wildman–Crippen MR) is 94.7 cm³/mol. The summed E-state index contributed by atoms with van der Waals surface area (Å²) >= 11 is 0. The maximum Gasteiger partial charge on any atom is 0.410 e. The lowest BCUT2D eigenvalue weighted by Crippen LogP contribution is -2.49. The second kappa shape index (κ2) is 7.44. The molecule has 1 aromatic rings. The van der Waals surface area contributed by atoms with Crippen molar-refractivity contribution in [3.8, 4) is 0 Å². The smallest absolute Gasteiger partial charge is 0.410 e. The van der Waals surface area contributed by atoms with Crippen molar-refractivity contribution >= 4 is 12.0 Å². The van der Waals surface area contributed by atoms with Crippen molar-refractivity contribution in [2.24, 2.45) is 11.1 Å². The van der Waals surface area contributed by atoms with E-state index < -0.39 is 6.04 Å². The van der Waals surface area contributed by atoms with E-state index in [1.165, 1.54) is 0 Å². The molecule has 1 spiro atoms. The number of likely N-dealkylation sites (tertiary alicyclic amines) is 2. The summed E-state index contributed by atoms with van der Waals surface area (Å²) in [5.74, 6) is 0.0203. The van der Waals surface area contributed by atoms with Gasteiger partial charge < -0.3 is 20.3 Å². The topological polar surface area (TPSA) is 75.9 Å². The zero-order valence-electron chi connectivity index (χ0n) is 14.8. The fourth-order valence-corrected chi connectivity index (χ4v) is 3.80. The number of nitrogens with two attached hydrogens (primary N) is 1. The van der Waals surface area contributed by atoms with Crippen LogP contribution in [0.15, 0.2) is 30.3 Å². The summed E-state index contributed by atoms with van der Waals surface area (Å²) in [7, 11) is 0. The number of hydrogen-bond donors (Lipinski definition) is 1. The van der Waals surface area contributed by atoms with Gasteiger partial charge in [-0.05, 0) is 37.2 Å². The van der Waals surface area contributed by atoms with E-state index in [0.29, 0.717) is 6.61 Å². The Labute approximate surface area is 148 Å². The number of amides is 2. The minimum absolute atomic E-state index is 0.0203. The lowest BCUT2D eigenvalue weighted by Gasteiger charge is -2.39. The van der Waals surface area contributed by atoms with Gasteiger partial charge in [0.15, 0.2) is 0 Å². The van der Waals surface area contributed by atoms with Gasteiger partial charge in [-0.15, -0.1) is 0 Å². The van der Waals surface area contributed by atoms with Gasteiger partial charge in [0.2, 0.25) is 5.91 Å². The van der Waals surface area contributed by atoms with Gasteiger partial charge in [-0.3, -0.25) is 4.79 Å². The minimum atomic E-state index is -0.443. The average molecular weight is 345 g/mol. The first-order valence-corrected chi connectivity index (χ1v) is 8.99. The SMILES string of the molecule is C[C@H](N)C(=O)N1CCC2(CCN(C(=O)OCc3ccccc3)C2)CC1. The summed E-state index contributed by atoms with van der Waals surface area (Å²) in [5.41, 5.74) is 6.81. The van der Waals surface area contributed by atoms with Crippen LogP contribution in [0, 0.1) is 5.41 Å². The number of carbonyl (C=O) groups is 2. The maximum atomic E-state index is 12.3. The van der Waals surface area contributed by atoms with Crippen molar-refractivity contribution in [3.63, 3.8) is 0 Å². The second-order valence-corrected chi connectivity index (χ2v) is 7.33. The highest BCUT2D eigenvalue weighted by Gasteiger charge is 2.43. The molecule has 6 nitrogen and oxygen atoms in total. The highest BCUT2D eigenvalue weighted by atomic mass is 16.6. The molecule has 6 heteroatoms. The zero-order chi connectivity index (χ0) is 17.9. The minimum Gasteiger partial charge on any atom is -0.445 e. The van der Waals surface area contributed by atoms with Crippen LogP contribution >= 0.6 is 0 Å². The van der Waals surface area contributed by atoms with E-state index >= 15 is 0 Å². The molecule has 2 N–H and O–H groups in total. The van der Waals surface area contributed by atoms with Crippen molar-refractivity contribution in [1.82, 2.24) is 9.80 Å². The number of piperidine rings is 1. The van der Waals surface area contributed by atoms with E-state index in [4.69, 9.17) is 10.5 Å². The molecule has 2 aliphatic rings. The number of rotatable bonds is 3. The lowest BCUT2D eigenvalue weighted by atomic mass is 9.77. The Kier molecular flexibility index (Phi) is 5.27. The molecule has 25 heavy (non-hydrogen) atoms. The zero-order valence-corrected chi connectivity index (χ0v) is 14.8. The summed E-state index contributed by atoms with van der Waals surface area (Å²) in [6, 6.07) is 9.27. The number of nitrogens with zero attached hydrogens (tertiary/aromatic N) is 2. The molecular formula is C19H27N3O3. The van der Waals surface area contributed by atoms with E-state index in [1.54, 1.807) is 6.92 Å². The molecular weight excluding hydrogens is 318 g/mol. The Bertz CT molecular complexity index is 610. The molecule has 0 radical (unpaired) electrons. The molecule has 1 aromatic carbocycles. The van der Waals surface area contributed by atoms with E-state index in [9.17, 15) is 9.59 Å². The van der Waals surface area contributed by atoms with Crippen molar-refractivity contribution in [1.29, 1.82) is 0 Å².